The Balaban J connectivity index is 1.44. The number of allylic oxidation sites excluding steroid dienone is 1. The third kappa shape index (κ3) is 8.93. The van der Waals surface area contributed by atoms with Gasteiger partial charge in [0.05, 0.1) is 23.9 Å². The normalized spacial score (nSPS) is 30.7. The topological polar surface area (TPSA) is 88.1 Å². The van der Waals surface area contributed by atoms with E-state index in [2.05, 4.69) is 5.32 Å². The maximum absolute atomic E-state index is 15.2. The van der Waals surface area contributed by atoms with Gasteiger partial charge in [0.15, 0.2) is 6.10 Å². The monoisotopic (exact) mass is 728 g/mol. The van der Waals surface area contributed by atoms with Crippen LogP contribution in [0, 0.1) is 30.5 Å². The number of halogens is 7. The Labute approximate surface area is 283 Å². The second-order valence-electron chi connectivity index (χ2n) is 14.4. The summed E-state index contributed by atoms with van der Waals surface area (Å²) in [6.45, 7) is 4.38. The molecule has 4 aliphatic rings. The summed E-state index contributed by atoms with van der Waals surface area (Å²) in [5, 5.41) is 11.9. The van der Waals surface area contributed by atoms with Crippen LogP contribution in [0.1, 0.15) is 82.8 Å². The molecule has 2 N–H and O–H groups in total. The molecule has 8 atom stereocenters. The lowest BCUT2D eigenvalue weighted by Gasteiger charge is -2.41. The van der Waals surface area contributed by atoms with Crippen LogP contribution in [0.25, 0.3) is 5.57 Å². The van der Waals surface area contributed by atoms with Crippen molar-refractivity contribution in [3.05, 3.63) is 35.2 Å². The van der Waals surface area contributed by atoms with Crippen molar-refractivity contribution in [2.75, 3.05) is 19.7 Å². The minimum atomic E-state index is -4.56. The summed E-state index contributed by atoms with van der Waals surface area (Å²) in [7, 11) is -4.35. The van der Waals surface area contributed by atoms with E-state index in [4.69, 9.17) is 9.47 Å². The summed E-state index contributed by atoms with van der Waals surface area (Å²) >= 11 is 0. The van der Waals surface area contributed by atoms with Gasteiger partial charge in [-0.25, -0.2) is 26.0 Å². The zero-order valence-electron chi connectivity index (χ0n) is 28.0. The van der Waals surface area contributed by atoms with Crippen LogP contribution in [0.4, 0.5) is 30.7 Å². The largest absolute Gasteiger partial charge is 0.484 e. The molecular weight excluding hydrogens is 681 g/mol. The molecule has 1 saturated heterocycles. The molecule has 0 radical (unpaired) electrons. The molecule has 6 unspecified atom stereocenters. The number of aliphatic hydroxyl groups is 1. The number of nitrogens with one attached hydrogen (secondary N) is 1. The molecule has 3 fully saturated rings. The van der Waals surface area contributed by atoms with Crippen molar-refractivity contribution in [1.82, 2.24) is 9.62 Å². The minimum Gasteiger partial charge on any atom is -0.484 e. The average molecular weight is 729 g/mol. The zero-order valence-corrected chi connectivity index (χ0v) is 28.8. The highest BCUT2D eigenvalue weighted by Gasteiger charge is 2.52. The molecular formula is C34H47F7N2O5S. The SMILES string of the molecule is CCC(Oc1cc(F)c(C)c(C2=CCC3CO[C@@H](CNC(O)CC4(F)CC4)CN(S(=O)(=O)C4CCC(C)[C@H](C(F)(F)F)C4)C3C2)c1)C(F)F. The molecule has 15 heteroatoms. The highest BCUT2D eigenvalue weighted by molar-refractivity contribution is 7.89. The molecule has 1 aromatic rings. The molecule has 1 heterocycles. The van der Waals surface area contributed by atoms with E-state index >= 15 is 4.39 Å². The first-order valence-electron chi connectivity index (χ1n) is 17.2. The lowest BCUT2D eigenvalue weighted by Crippen LogP contribution is -2.53. The number of nitrogens with zero attached hydrogens (tertiary/aromatic N) is 1. The second-order valence-corrected chi connectivity index (χ2v) is 16.5. The van der Waals surface area contributed by atoms with Crippen molar-refractivity contribution >= 4 is 15.6 Å². The predicted octanol–water partition coefficient (Wildman–Crippen LogP) is 6.92. The van der Waals surface area contributed by atoms with Crippen LogP contribution in [-0.4, -0.2) is 85.5 Å². The zero-order chi connectivity index (χ0) is 35.9. The van der Waals surface area contributed by atoms with Gasteiger partial charge in [-0.1, -0.05) is 19.9 Å². The van der Waals surface area contributed by atoms with E-state index in [1.807, 2.05) is 6.08 Å². The quantitative estimate of drug-likeness (QED) is 0.180. The van der Waals surface area contributed by atoms with Crippen molar-refractivity contribution < 1.29 is 53.7 Å². The van der Waals surface area contributed by atoms with Crippen molar-refractivity contribution in [2.24, 2.45) is 17.8 Å². The lowest BCUT2D eigenvalue weighted by atomic mass is 9.80. The van der Waals surface area contributed by atoms with Crippen LogP contribution in [0.5, 0.6) is 5.75 Å². The fourth-order valence-electron chi connectivity index (χ4n) is 7.50. The Morgan fingerprint density at radius 1 is 1.20 bits per heavy atom. The molecule has 7 nitrogen and oxygen atoms in total. The summed E-state index contributed by atoms with van der Waals surface area (Å²) < 4.78 is 140. The summed E-state index contributed by atoms with van der Waals surface area (Å²) in [5.41, 5.74) is -0.297. The van der Waals surface area contributed by atoms with Crippen LogP contribution in [0.2, 0.25) is 0 Å². The van der Waals surface area contributed by atoms with Gasteiger partial charge in [-0.05, 0) is 87.0 Å². The molecule has 1 aromatic carbocycles. The van der Waals surface area contributed by atoms with Gasteiger partial charge in [0, 0.05) is 37.5 Å². The summed E-state index contributed by atoms with van der Waals surface area (Å²) in [4.78, 5) is 0. The first-order valence-corrected chi connectivity index (χ1v) is 18.7. The molecule has 3 aliphatic carbocycles. The van der Waals surface area contributed by atoms with Crippen LogP contribution in [0.15, 0.2) is 18.2 Å². The minimum absolute atomic E-state index is 0.0153. The number of rotatable bonds is 12. The third-order valence-electron chi connectivity index (χ3n) is 10.8. The third-order valence-corrected chi connectivity index (χ3v) is 13.2. The van der Waals surface area contributed by atoms with Crippen LogP contribution < -0.4 is 10.1 Å². The number of ether oxygens (including phenoxy) is 2. The van der Waals surface area contributed by atoms with E-state index in [9.17, 15) is 39.9 Å². The lowest BCUT2D eigenvalue weighted by molar-refractivity contribution is -0.193. The van der Waals surface area contributed by atoms with E-state index in [0.717, 1.165) is 6.07 Å². The number of sulfonamides is 1. The molecule has 0 aromatic heterocycles. The van der Waals surface area contributed by atoms with E-state index in [0.29, 0.717) is 30.4 Å². The Hall–Kier alpha value is -1.94. The highest BCUT2D eigenvalue weighted by Crippen LogP contribution is 2.46. The molecule has 278 valence electrons. The van der Waals surface area contributed by atoms with E-state index < -0.39 is 88.0 Å². The van der Waals surface area contributed by atoms with Crippen LogP contribution in [0.3, 0.4) is 0 Å². The number of hydrogen-bond acceptors (Lipinski definition) is 6. The fourth-order valence-corrected chi connectivity index (χ4v) is 9.76. The Morgan fingerprint density at radius 2 is 1.92 bits per heavy atom. The van der Waals surface area contributed by atoms with Gasteiger partial charge in [0.25, 0.3) is 6.43 Å². The fraction of sp³-hybridized carbons (Fsp3) is 0.765. The van der Waals surface area contributed by atoms with E-state index in [-0.39, 0.29) is 63.1 Å². The van der Waals surface area contributed by atoms with Gasteiger partial charge in [-0.2, -0.15) is 17.5 Å². The smallest absolute Gasteiger partial charge is 0.392 e. The highest BCUT2D eigenvalue weighted by atomic mass is 32.2. The van der Waals surface area contributed by atoms with Gasteiger partial charge in [0.1, 0.15) is 23.5 Å². The van der Waals surface area contributed by atoms with Gasteiger partial charge in [-0.3, -0.25) is 5.32 Å². The van der Waals surface area contributed by atoms with Crippen LogP contribution in [-0.2, 0) is 14.8 Å². The molecule has 0 spiro atoms. The van der Waals surface area contributed by atoms with E-state index in [1.54, 1.807) is 0 Å². The average Bonchev–Trinajstić information content (AvgIpc) is 3.79. The molecule has 1 aliphatic heterocycles. The van der Waals surface area contributed by atoms with Gasteiger partial charge in [-0.15, -0.1) is 0 Å². The van der Waals surface area contributed by atoms with Gasteiger partial charge < -0.3 is 14.6 Å². The van der Waals surface area contributed by atoms with Gasteiger partial charge >= 0.3 is 6.18 Å². The predicted molar refractivity (Wildman–Crippen MR) is 170 cm³/mol. The molecule has 0 amide bonds. The number of fused-ring (bicyclic) bond motifs is 1. The van der Waals surface area contributed by atoms with Crippen LogP contribution >= 0.6 is 0 Å². The summed E-state index contributed by atoms with van der Waals surface area (Å²) in [6, 6.07) is 1.73. The molecule has 2 saturated carbocycles. The number of benzene rings is 1. The number of alkyl halides is 6. The number of hydrogen-bond donors (Lipinski definition) is 2. The van der Waals surface area contributed by atoms with Crippen molar-refractivity contribution in [3.63, 3.8) is 0 Å². The van der Waals surface area contributed by atoms with E-state index in [1.165, 1.54) is 31.1 Å². The Morgan fingerprint density at radius 3 is 2.55 bits per heavy atom. The molecule has 5 rings (SSSR count). The summed E-state index contributed by atoms with van der Waals surface area (Å²) in [5.74, 6) is -3.69. The Bertz CT molecular complexity index is 1450. The first kappa shape index (κ1) is 38.3. The molecule has 49 heavy (non-hydrogen) atoms. The van der Waals surface area contributed by atoms with Crippen molar-refractivity contribution in [3.8, 4) is 5.75 Å². The summed E-state index contributed by atoms with van der Waals surface area (Å²) in [6.07, 6.45) is -8.50. The standard InChI is InChI=1S/C34H47F7N2O5S/c1-4-30(32(36)37)48-23-12-26(20(3)28(35)13-23)21-6-7-22-18-47-24(16-42-31(44)15-33(38)9-10-33)17-43(29(22)11-21)49(45,46)25-8-5-19(2)27(14-25)34(39,40)41/h6,12-13,19,22,24-25,27,29-32,42,44H,4-5,7-11,14-18H2,1-3H3/t19?,22?,24-,25?,27+,29?,30?,31?/m0/s1. The van der Waals surface area contributed by atoms with Crippen molar-refractivity contribution in [2.45, 2.75) is 127 Å². The number of aliphatic hydroxyl groups excluding tert-OH is 1. The van der Waals surface area contributed by atoms with Crippen molar-refractivity contribution in [1.29, 1.82) is 0 Å². The first-order chi connectivity index (χ1) is 22.9. The maximum atomic E-state index is 15.2. The second kappa shape index (κ2) is 15.0. The maximum Gasteiger partial charge on any atom is 0.392 e. The van der Waals surface area contributed by atoms with Gasteiger partial charge in [0.2, 0.25) is 10.0 Å². The Kier molecular flexibility index (Phi) is 11.7. The molecule has 0 bridgehead atoms.